The van der Waals surface area contributed by atoms with Crippen LogP contribution in [0.1, 0.15) is 45.6 Å². The van der Waals surface area contributed by atoms with E-state index in [-0.39, 0.29) is 0 Å². The summed E-state index contributed by atoms with van der Waals surface area (Å²) in [6.45, 7) is 9.27. The molecule has 2 aliphatic rings. The van der Waals surface area contributed by atoms with E-state index in [4.69, 9.17) is 11.6 Å². The van der Waals surface area contributed by atoms with Crippen LogP contribution in [0.25, 0.3) is 0 Å². The zero-order chi connectivity index (χ0) is 13.8. The minimum Gasteiger partial charge on any atom is -0.380 e. The Labute approximate surface area is 121 Å². The highest BCUT2D eigenvalue weighted by atomic mass is 35.5. The van der Waals surface area contributed by atoms with E-state index in [1.807, 2.05) is 13.1 Å². The molecule has 1 N–H and O–H groups in total. The molecule has 3 atom stereocenters. The minimum atomic E-state index is 0.362. The van der Waals surface area contributed by atoms with Crippen molar-refractivity contribution < 1.29 is 0 Å². The molecule has 0 aliphatic heterocycles. The fourth-order valence-corrected chi connectivity index (χ4v) is 4.57. The van der Waals surface area contributed by atoms with Gasteiger partial charge in [-0.15, -0.1) is 0 Å². The fraction of sp³-hybridized carbons (Fsp3) is 0.688. The predicted molar refractivity (Wildman–Crippen MR) is 80.6 cm³/mol. The highest BCUT2D eigenvalue weighted by molar-refractivity contribution is 6.30. The molecule has 104 valence electrons. The van der Waals surface area contributed by atoms with Gasteiger partial charge in [0.1, 0.15) is 5.15 Å². The van der Waals surface area contributed by atoms with Crippen molar-refractivity contribution in [1.82, 2.24) is 4.98 Å². The van der Waals surface area contributed by atoms with Crippen LogP contribution in [0, 0.1) is 23.7 Å². The number of nitrogens with zero attached hydrogens (tertiary/aromatic N) is 1. The van der Waals surface area contributed by atoms with Gasteiger partial charge < -0.3 is 5.32 Å². The largest absolute Gasteiger partial charge is 0.380 e. The zero-order valence-electron chi connectivity index (χ0n) is 12.3. The second kappa shape index (κ2) is 4.12. The number of fused-ring (bicyclic) bond motifs is 2. The average Bonchev–Trinajstić information content (AvgIpc) is 2.80. The van der Waals surface area contributed by atoms with Gasteiger partial charge in [-0.1, -0.05) is 32.4 Å². The van der Waals surface area contributed by atoms with Crippen molar-refractivity contribution in [2.24, 2.45) is 16.7 Å². The van der Waals surface area contributed by atoms with E-state index in [0.29, 0.717) is 22.0 Å². The number of hydrogen-bond donors (Lipinski definition) is 1. The van der Waals surface area contributed by atoms with Crippen molar-refractivity contribution in [3.63, 3.8) is 0 Å². The Hall–Kier alpha value is -0.760. The number of halogens is 1. The number of rotatable bonds is 2. The number of aryl methyl sites for hydroxylation is 1. The average molecular weight is 279 g/mol. The molecule has 2 aliphatic carbocycles. The van der Waals surface area contributed by atoms with Crippen LogP contribution >= 0.6 is 11.6 Å². The molecular formula is C16H23ClN2. The summed E-state index contributed by atoms with van der Waals surface area (Å²) < 4.78 is 0. The summed E-state index contributed by atoms with van der Waals surface area (Å²) >= 11 is 6.00. The third kappa shape index (κ3) is 1.96. The lowest BCUT2D eigenvalue weighted by Gasteiger charge is -2.43. The first kappa shape index (κ1) is 13.2. The smallest absolute Gasteiger partial charge is 0.132 e. The van der Waals surface area contributed by atoms with Crippen LogP contribution in [0.5, 0.6) is 0 Å². The van der Waals surface area contributed by atoms with Gasteiger partial charge in [0.25, 0.3) is 0 Å². The Bertz CT molecular complexity index is 507. The van der Waals surface area contributed by atoms with Gasteiger partial charge in [0.05, 0.1) is 11.9 Å². The normalized spacial score (nSPS) is 35.6. The van der Waals surface area contributed by atoms with E-state index in [2.05, 4.69) is 37.1 Å². The van der Waals surface area contributed by atoms with E-state index in [1.165, 1.54) is 19.3 Å². The maximum atomic E-state index is 6.00. The molecule has 0 radical (unpaired) electrons. The monoisotopic (exact) mass is 278 g/mol. The fourth-order valence-electron chi connectivity index (χ4n) is 4.47. The molecule has 1 heterocycles. The Kier molecular flexibility index (Phi) is 2.87. The van der Waals surface area contributed by atoms with Gasteiger partial charge in [-0.2, -0.15) is 0 Å². The first-order valence-corrected chi connectivity index (χ1v) is 7.59. The van der Waals surface area contributed by atoms with Crippen molar-refractivity contribution in [3.05, 3.63) is 23.0 Å². The predicted octanol–water partition coefficient (Wildman–Crippen LogP) is 4.67. The van der Waals surface area contributed by atoms with Crippen LogP contribution in [0.2, 0.25) is 5.15 Å². The molecule has 2 bridgehead atoms. The van der Waals surface area contributed by atoms with Gasteiger partial charge in [0.2, 0.25) is 0 Å². The van der Waals surface area contributed by atoms with Crippen LogP contribution in [0.4, 0.5) is 5.69 Å². The number of anilines is 1. The van der Waals surface area contributed by atoms with Crippen molar-refractivity contribution in [2.75, 3.05) is 5.32 Å². The lowest BCUT2D eigenvalue weighted by atomic mass is 9.68. The lowest BCUT2D eigenvalue weighted by molar-refractivity contribution is 0.155. The van der Waals surface area contributed by atoms with Crippen LogP contribution in [-0.4, -0.2) is 11.0 Å². The van der Waals surface area contributed by atoms with Gasteiger partial charge >= 0.3 is 0 Å². The van der Waals surface area contributed by atoms with E-state index in [0.717, 1.165) is 17.2 Å². The second-order valence-electron chi connectivity index (χ2n) is 7.32. The maximum absolute atomic E-state index is 6.00. The second-order valence-corrected chi connectivity index (χ2v) is 7.68. The first-order chi connectivity index (χ1) is 8.83. The van der Waals surface area contributed by atoms with E-state index in [1.54, 1.807) is 0 Å². The molecule has 0 saturated heterocycles. The van der Waals surface area contributed by atoms with Crippen molar-refractivity contribution in [1.29, 1.82) is 0 Å². The zero-order valence-corrected chi connectivity index (χ0v) is 13.0. The SMILES string of the molecule is Cc1cc(NC2C(C)(C)[C@H]3CC[C@]2(C)C3)cnc1Cl. The van der Waals surface area contributed by atoms with Gasteiger partial charge in [-0.25, -0.2) is 4.98 Å². The van der Waals surface area contributed by atoms with Crippen molar-refractivity contribution in [2.45, 2.75) is 53.0 Å². The number of nitrogens with one attached hydrogen (secondary N) is 1. The Balaban J connectivity index is 1.88. The third-order valence-electron chi connectivity index (χ3n) is 5.60. The number of aromatic nitrogens is 1. The molecule has 2 saturated carbocycles. The maximum Gasteiger partial charge on any atom is 0.132 e. The molecule has 1 aromatic rings. The molecular weight excluding hydrogens is 256 g/mol. The van der Waals surface area contributed by atoms with Gasteiger partial charge in [-0.3, -0.25) is 0 Å². The lowest BCUT2D eigenvalue weighted by Crippen LogP contribution is -2.45. The molecule has 3 rings (SSSR count). The van der Waals surface area contributed by atoms with Gasteiger partial charge in [-0.05, 0) is 54.6 Å². The molecule has 2 fully saturated rings. The van der Waals surface area contributed by atoms with Crippen LogP contribution in [0.3, 0.4) is 0 Å². The molecule has 0 aromatic carbocycles. The quantitative estimate of drug-likeness (QED) is 0.795. The van der Waals surface area contributed by atoms with Gasteiger partial charge in [0.15, 0.2) is 0 Å². The Morgan fingerprint density at radius 1 is 1.37 bits per heavy atom. The molecule has 3 heteroatoms. The molecule has 0 spiro atoms. The molecule has 1 unspecified atom stereocenters. The van der Waals surface area contributed by atoms with E-state index < -0.39 is 0 Å². The van der Waals surface area contributed by atoms with Crippen molar-refractivity contribution >= 4 is 17.3 Å². The molecule has 19 heavy (non-hydrogen) atoms. The first-order valence-electron chi connectivity index (χ1n) is 7.22. The highest BCUT2D eigenvalue weighted by Crippen LogP contribution is 2.63. The molecule has 2 nitrogen and oxygen atoms in total. The van der Waals surface area contributed by atoms with Crippen LogP contribution < -0.4 is 5.32 Å². The summed E-state index contributed by atoms with van der Waals surface area (Å²) in [5.41, 5.74) is 2.94. The topological polar surface area (TPSA) is 24.9 Å². The van der Waals surface area contributed by atoms with Crippen LogP contribution in [-0.2, 0) is 0 Å². The summed E-state index contributed by atoms with van der Waals surface area (Å²) in [7, 11) is 0. The summed E-state index contributed by atoms with van der Waals surface area (Å²) in [6.07, 6.45) is 5.96. The minimum absolute atomic E-state index is 0.362. The summed E-state index contributed by atoms with van der Waals surface area (Å²) in [5, 5.41) is 4.35. The summed E-state index contributed by atoms with van der Waals surface area (Å²) in [4.78, 5) is 4.26. The summed E-state index contributed by atoms with van der Waals surface area (Å²) in [5.74, 6) is 0.858. The molecule has 1 aromatic heterocycles. The van der Waals surface area contributed by atoms with Crippen molar-refractivity contribution in [3.8, 4) is 0 Å². The van der Waals surface area contributed by atoms with Crippen LogP contribution in [0.15, 0.2) is 12.3 Å². The number of pyridine rings is 1. The Morgan fingerprint density at radius 2 is 2.11 bits per heavy atom. The standard InChI is InChI=1S/C16H23ClN2/c1-10-7-12(9-18-13(10)17)19-14-15(2,3)11-5-6-16(14,4)8-11/h7,9,11,14,19H,5-6,8H2,1-4H3/t11-,14?,16+/m0/s1. The number of hydrogen-bond acceptors (Lipinski definition) is 2. The third-order valence-corrected chi connectivity index (χ3v) is 5.99. The van der Waals surface area contributed by atoms with E-state index >= 15 is 0 Å². The highest BCUT2D eigenvalue weighted by Gasteiger charge is 2.59. The van der Waals surface area contributed by atoms with Gasteiger partial charge in [0, 0.05) is 6.04 Å². The van der Waals surface area contributed by atoms with E-state index in [9.17, 15) is 0 Å². The molecule has 0 amide bonds. The summed E-state index contributed by atoms with van der Waals surface area (Å²) in [6, 6.07) is 2.64. The Morgan fingerprint density at radius 3 is 2.68 bits per heavy atom.